The fourth-order valence-electron chi connectivity index (χ4n) is 3.41. The molecule has 2 amide bonds. The van der Waals surface area contributed by atoms with Gasteiger partial charge >= 0.3 is 6.61 Å². The van der Waals surface area contributed by atoms with Crippen LogP contribution in [-0.4, -0.2) is 55.3 Å². The maximum Gasteiger partial charge on any atom is 0.387 e. The van der Waals surface area contributed by atoms with Crippen LogP contribution in [0.15, 0.2) is 57.8 Å². The Kier molecular flexibility index (Phi) is 7.03. The molecule has 2 aromatic rings. The van der Waals surface area contributed by atoms with E-state index in [1.807, 2.05) is 0 Å². The monoisotopic (exact) mass is 511 g/mol. The normalized spacial score (nSPS) is 20.7. The molecule has 0 bridgehead atoms. The maximum atomic E-state index is 13.1. The van der Waals surface area contributed by atoms with Crippen LogP contribution in [0.1, 0.15) is 12.2 Å². The van der Waals surface area contributed by atoms with Crippen LogP contribution in [-0.2, 0) is 19.4 Å². The van der Waals surface area contributed by atoms with Gasteiger partial charge in [0.15, 0.2) is 15.0 Å². The van der Waals surface area contributed by atoms with Gasteiger partial charge in [-0.15, -0.1) is 0 Å². The van der Waals surface area contributed by atoms with Crippen molar-refractivity contribution in [2.24, 2.45) is 4.99 Å². The molecular formula is C21H19F2N3O6S2. The highest BCUT2D eigenvalue weighted by Gasteiger charge is 2.33. The summed E-state index contributed by atoms with van der Waals surface area (Å²) in [6.07, 6.45) is 3.24. The minimum atomic E-state index is -3.14. The van der Waals surface area contributed by atoms with E-state index in [1.54, 1.807) is 12.1 Å². The van der Waals surface area contributed by atoms with Crippen molar-refractivity contribution in [2.75, 3.05) is 22.2 Å². The first-order chi connectivity index (χ1) is 16.2. The minimum absolute atomic E-state index is 0.0340. The van der Waals surface area contributed by atoms with Gasteiger partial charge in [-0.1, -0.05) is 11.8 Å². The molecule has 1 aromatic heterocycles. The predicted molar refractivity (Wildman–Crippen MR) is 122 cm³/mol. The van der Waals surface area contributed by atoms with E-state index in [0.29, 0.717) is 17.9 Å². The zero-order chi connectivity index (χ0) is 24.3. The number of aliphatic imine (C=N–C) groups is 1. The minimum Gasteiger partial charge on any atom is -0.465 e. The van der Waals surface area contributed by atoms with Crippen molar-refractivity contribution in [3.8, 4) is 5.75 Å². The number of benzene rings is 1. The topological polar surface area (TPSA) is 118 Å². The van der Waals surface area contributed by atoms with Crippen molar-refractivity contribution in [1.82, 2.24) is 5.32 Å². The van der Waals surface area contributed by atoms with E-state index >= 15 is 0 Å². The fourth-order valence-corrected chi connectivity index (χ4v) is 5.91. The highest BCUT2D eigenvalue weighted by molar-refractivity contribution is 8.14. The average molecular weight is 512 g/mol. The SMILES string of the molecule is O=C(CSC1=N/C(=C\c2ccco2)C(=O)N1c1ccc(OC(F)F)cc1)NC1CCS(=O)(=O)C1. The zero-order valence-electron chi connectivity index (χ0n) is 17.5. The molecule has 180 valence electrons. The first kappa shape index (κ1) is 24.0. The Morgan fingerprint density at radius 3 is 2.71 bits per heavy atom. The van der Waals surface area contributed by atoms with Gasteiger partial charge in [0.2, 0.25) is 5.91 Å². The lowest BCUT2D eigenvalue weighted by Gasteiger charge is -2.18. The molecule has 1 N–H and O–H groups in total. The number of amides is 2. The van der Waals surface area contributed by atoms with E-state index in [-0.39, 0.29) is 33.9 Å². The molecule has 0 saturated carbocycles. The third-order valence-electron chi connectivity index (χ3n) is 4.90. The summed E-state index contributed by atoms with van der Waals surface area (Å²) < 4.78 is 57.7. The van der Waals surface area contributed by atoms with Gasteiger partial charge in [0.05, 0.1) is 29.2 Å². The van der Waals surface area contributed by atoms with E-state index < -0.39 is 34.3 Å². The van der Waals surface area contributed by atoms with E-state index in [4.69, 9.17) is 4.42 Å². The van der Waals surface area contributed by atoms with Gasteiger partial charge in [-0.25, -0.2) is 13.4 Å². The van der Waals surface area contributed by atoms with Crippen molar-refractivity contribution >= 4 is 50.3 Å². The molecular weight excluding hydrogens is 492 g/mol. The molecule has 3 heterocycles. The van der Waals surface area contributed by atoms with Gasteiger partial charge < -0.3 is 14.5 Å². The average Bonchev–Trinajstić information content (AvgIpc) is 3.47. The van der Waals surface area contributed by atoms with Crippen LogP contribution in [0.5, 0.6) is 5.75 Å². The molecule has 2 aliphatic heterocycles. The van der Waals surface area contributed by atoms with Crippen molar-refractivity contribution in [2.45, 2.75) is 19.1 Å². The largest absolute Gasteiger partial charge is 0.465 e. The van der Waals surface area contributed by atoms with Gasteiger partial charge in [-0.2, -0.15) is 8.78 Å². The summed E-state index contributed by atoms with van der Waals surface area (Å²) in [5.74, 6) is -0.743. The van der Waals surface area contributed by atoms with Crippen LogP contribution in [0.2, 0.25) is 0 Å². The summed E-state index contributed by atoms with van der Waals surface area (Å²) in [4.78, 5) is 31.0. The number of alkyl halides is 2. The standard InChI is InChI=1S/C21H19F2N3O6S2/c22-20(23)32-15-5-3-14(4-6-15)26-19(28)17(10-16-2-1-8-31-16)25-21(26)33-11-18(27)24-13-7-9-34(29,30)12-13/h1-6,8,10,13,20H,7,9,11-12H2,(H,24,27)/b17-10-. The molecule has 0 spiro atoms. The molecule has 1 aromatic carbocycles. The molecule has 4 rings (SSSR count). The number of amidine groups is 1. The van der Waals surface area contributed by atoms with Crippen molar-refractivity contribution < 1.29 is 35.9 Å². The first-order valence-electron chi connectivity index (χ1n) is 10.1. The lowest BCUT2D eigenvalue weighted by Crippen LogP contribution is -2.37. The number of carbonyl (C=O) groups is 2. The van der Waals surface area contributed by atoms with Crippen LogP contribution in [0.4, 0.5) is 14.5 Å². The number of ether oxygens (including phenoxy) is 1. The second-order valence-corrected chi connectivity index (χ2v) is 10.6. The molecule has 0 radical (unpaired) electrons. The number of rotatable bonds is 7. The van der Waals surface area contributed by atoms with E-state index in [0.717, 1.165) is 11.8 Å². The van der Waals surface area contributed by atoms with Gasteiger partial charge in [0.1, 0.15) is 17.2 Å². The van der Waals surface area contributed by atoms with Crippen molar-refractivity contribution in [1.29, 1.82) is 0 Å². The summed E-state index contributed by atoms with van der Waals surface area (Å²) in [6.45, 7) is -2.98. The smallest absolute Gasteiger partial charge is 0.387 e. The van der Waals surface area contributed by atoms with Crippen LogP contribution in [0.25, 0.3) is 6.08 Å². The second kappa shape index (κ2) is 9.97. The number of halogens is 2. The molecule has 1 atom stereocenters. The summed E-state index contributed by atoms with van der Waals surface area (Å²) in [5, 5.41) is 2.88. The number of carbonyl (C=O) groups excluding carboxylic acids is 2. The van der Waals surface area contributed by atoms with Crippen LogP contribution < -0.4 is 15.0 Å². The van der Waals surface area contributed by atoms with E-state index in [2.05, 4.69) is 15.0 Å². The Balaban J connectivity index is 1.51. The third kappa shape index (κ3) is 5.83. The van der Waals surface area contributed by atoms with Crippen LogP contribution in [0, 0.1) is 0 Å². The van der Waals surface area contributed by atoms with Gasteiger partial charge in [-0.05, 0) is 42.8 Å². The second-order valence-electron chi connectivity index (χ2n) is 7.41. The number of nitrogens with one attached hydrogen (secondary N) is 1. The number of hydrogen-bond acceptors (Lipinski definition) is 8. The Hall–Kier alpha value is -3.19. The first-order valence-corrected chi connectivity index (χ1v) is 12.9. The predicted octanol–water partition coefficient (Wildman–Crippen LogP) is 2.66. The van der Waals surface area contributed by atoms with Crippen LogP contribution >= 0.6 is 11.8 Å². The molecule has 9 nitrogen and oxygen atoms in total. The Labute approximate surface area is 197 Å². The number of sulfone groups is 1. The lowest BCUT2D eigenvalue weighted by molar-refractivity contribution is -0.119. The van der Waals surface area contributed by atoms with E-state index in [1.165, 1.54) is 41.5 Å². The van der Waals surface area contributed by atoms with Crippen LogP contribution in [0.3, 0.4) is 0 Å². The van der Waals surface area contributed by atoms with Crippen molar-refractivity contribution in [3.05, 3.63) is 54.1 Å². The third-order valence-corrected chi connectivity index (χ3v) is 7.61. The molecule has 2 aliphatic rings. The molecule has 13 heteroatoms. The number of furan rings is 1. The number of nitrogens with zero attached hydrogens (tertiary/aromatic N) is 2. The van der Waals surface area contributed by atoms with E-state index in [9.17, 15) is 26.8 Å². The zero-order valence-corrected chi connectivity index (χ0v) is 19.2. The molecule has 1 unspecified atom stereocenters. The summed E-state index contributed by atoms with van der Waals surface area (Å²) >= 11 is 0.984. The summed E-state index contributed by atoms with van der Waals surface area (Å²) in [6, 6.07) is 8.27. The summed E-state index contributed by atoms with van der Waals surface area (Å²) in [7, 11) is -3.14. The number of anilines is 1. The maximum absolute atomic E-state index is 13.1. The highest BCUT2D eigenvalue weighted by Crippen LogP contribution is 2.31. The number of hydrogen-bond donors (Lipinski definition) is 1. The van der Waals surface area contributed by atoms with Gasteiger partial charge in [0, 0.05) is 12.1 Å². The molecule has 0 aliphatic carbocycles. The Bertz CT molecular complexity index is 1230. The van der Waals surface area contributed by atoms with Gasteiger partial charge in [-0.3, -0.25) is 14.5 Å². The Morgan fingerprint density at radius 1 is 1.32 bits per heavy atom. The fraction of sp³-hybridized carbons (Fsp3) is 0.286. The number of thioether (sulfide) groups is 1. The van der Waals surface area contributed by atoms with Crippen molar-refractivity contribution in [3.63, 3.8) is 0 Å². The quantitative estimate of drug-likeness (QED) is 0.568. The molecule has 34 heavy (non-hydrogen) atoms. The Morgan fingerprint density at radius 2 is 2.09 bits per heavy atom. The van der Waals surface area contributed by atoms with Gasteiger partial charge in [0.25, 0.3) is 5.91 Å². The molecule has 1 fully saturated rings. The summed E-state index contributed by atoms with van der Waals surface area (Å²) in [5.41, 5.74) is 0.399. The molecule has 1 saturated heterocycles. The lowest BCUT2D eigenvalue weighted by atomic mass is 10.2. The highest BCUT2D eigenvalue weighted by atomic mass is 32.2.